The van der Waals surface area contributed by atoms with E-state index in [0.29, 0.717) is 11.5 Å². The van der Waals surface area contributed by atoms with Gasteiger partial charge < -0.3 is 25.1 Å². The minimum absolute atomic E-state index is 0.145. The molecule has 3 aliphatic heterocycles. The smallest absolute Gasteiger partial charge is 0.283 e. The first-order chi connectivity index (χ1) is 13.0. The van der Waals surface area contributed by atoms with E-state index in [1.165, 1.54) is 0 Å². The van der Waals surface area contributed by atoms with Gasteiger partial charge in [0.25, 0.3) is 6.02 Å². The Hall–Kier alpha value is -2.53. The summed E-state index contributed by atoms with van der Waals surface area (Å²) in [4.78, 5) is 4.63. The zero-order valence-electron chi connectivity index (χ0n) is 14.2. The third-order valence-corrected chi connectivity index (χ3v) is 5.38. The van der Waals surface area contributed by atoms with Gasteiger partial charge in [0.15, 0.2) is 11.1 Å². The van der Waals surface area contributed by atoms with Crippen LogP contribution in [0.15, 0.2) is 45.9 Å². The molecule has 1 saturated heterocycles. The quantitative estimate of drug-likeness (QED) is 0.630. The second-order valence-electron chi connectivity index (χ2n) is 6.83. The maximum atomic E-state index is 10.1. The number of rotatable bonds is 0. The van der Waals surface area contributed by atoms with E-state index in [2.05, 4.69) is 32.8 Å². The van der Waals surface area contributed by atoms with Gasteiger partial charge in [0.1, 0.15) is 18.1 Å². The van der Waals surface area contributed by atoms with Crippen molar-refractivity contribution in [1.82, 2.24) is 0 Å². The van der Waals surface area contributed by atoms with Crippen molar-refractivity contribution in [2.45, 2.75) is 11.1 Å². The van der Waals surface area contributed by atoms with Crippen LogP contribution < -0.4 is 10.5 Å². The molecule has 3 aliphatic rings. The van der Waals surface area contributed by atoms with Gasteiger partial charge in [0, 0.05) is 21.2 Å². The van der Waals surface area contributed by atoms with Gasteiger partial charge in [-0.1, -0.05) is 27.8 Å². The van der Waals surface area contributed by atoms with E-state index in [1.54, 1.807) is 0 Å². The number of aliphatic imine (C=N–C) groups is 1. The number of hydrogen-bond acceptors (Lipinski definition) is 6. The molecule has 6 nitrogen and oxygen atoms in total. The highest BCUT2D eigenvalue weighted by molar-refractivity contribution is 9.10. The molecule has 136 valence electrons. The molecule has 0 unspecified atom stereocenters. The number of benzene rings is 2. The fourth-order valence-electron chi connectivity index (χ4n) is 3.46. The first kappa shape index (κ1) is 16.6. The van der Waals surface area contributed by atoms with E-state index in [0.717, 1.165) is 21.2 Å². The van der Waals surface area contributed by atoms with Gasteiger partial charge in [-0.05, 0) is 36.4 Å². The Labute approximate surface area is 164 Å². The Balaban J connectivity index is 1.66. The molecule has 0 aliphatic carbocycles. The average molecular weight is 427 g/mol. The molecule has 0 aromatic heterocycles. The van der Waals surface area contributed by atoms with Crippen LogP contribution in [0.1, 0.15) is 16.7 Å². The molecule has 5 rings (SSSR count). The second-order valence-corrected chi connectivity index (χ2v) is 7.74. The van der Waals surface area contributed by atoms with Gasteiger partial charge in [-0.25, -0.2) is 4.99 Å². The molecule has 2 aromatic rings. The number of halogens is 1. The van der Waals surface area contributed by atoms with E-state index in [1.807, 2.05) is 36.4 Å². The number of aliphatic hydroxyl groups is 1. The predicted molar refractivity (Wildman–Crippen MR) is 102 cm³/mol. The lowest BCUT2D eigenvalue weighted by molar-refractivity contribution is -0.140. The molecule has 0 bridgehead atoms. The largest absolute Gasteiger partial charge is 0.462 e. The standard InChI is InChI=1S/C20H15BrN2O4/c21-13-2-4-17-15(8-13)20(11-26-18(22)23-20)14-7-12(1-3-16(14)27-17)5-6-19(24)9-25-10-19/h1-4,7-8,24H,9-11H2,(H2,22,23)/t20-/m1/s1. The number of ether oxygens (including phenoxy) is 3. The molecule has 27 heavy (non-hydrogen) atoms. The highest BCUT2D eigenvalue weighted by Gasteiger charge is 2.47. The van der Waals surface area contributed by atoms with E-state index in [4.69, 9.17) is 19.9 Å². The van der Waals surface area contributed by atoms with Crippen LogP contribution in [0.3, 0.4) is 0 Å². The van der Waals surface area contributed by atoms with Crippen molar-refractivity contribution in [2.24, 2.45) is 10.7 Å². The van der Waals surface area contributed by atoms with Crippen LogP contribution in [0.5, 0.6) is 11.5 Å². The summed E-state index contributed by atoms with van der Waals surface area (Å²) >= 11 is 3.51. The SMILES string of the molecule is NC1=N[C@@]2(CO1)c1cc(Br)ccc1Oc1ccc(C#CC3(O)COC3)cc12. The Morgan fingerprint density at radius 3 is 2.48 bits per heavy atom. The fraction of sp³-hybridized carbons (Fsp3) is 0.250. The lowest BCUT2D eigenvalue weighted by Crippen LogP contribution is -2.48. The average Bonchev–Trinajstić information content (AvgIpc) is 3.02. The summed E-state index contributed by atoms with van der Waals surface area (Å²) in [6, 6.07) is 11.6. The van der Waals surface area contributed by atoms with Gasteiger partial charge in [-0.3, -0.25) is 0 Å². The molecule has 0 saturated carbocycles. The van der Waals surface area contributed by atoms with Crippen molar-refractivity contribution in [3.8, 4) is 23.3 Å². The van der Waals surface area contributed by atoms with Crippen molar-refractivity contribution >= 4 is 22.0 Å². The van der Waals surface area contributed by atoms with Crippen molar-refractivity contribution in [2.75, 3.05) is 19.8 Å². The highest BCUT2D eigenvalue weighted by atomic mass is 79.9. The van der Waals surface area contributed by atoms with E-state index in [9.17, 15) is 5.11 Å². The van der Waals surface area contributed by atoms with Crippen LogP contribution in [0.4, 0.5) is 0 Å². The number of amidine groups is 1. The van der Waals surface area contributed by atoms with Gasteiger partial charge in [-0.2, -0.15) is 0 Å². The van der Waals surface area contributed by atoms with Crippen LogP contribution in [-0.4, -0.2) is 36.5 Å². The zero-order chi connectivity index (χ0) is 18.6. The number of nitrogens with zero attached hydrogens (tertiary/aromatic N) is 1. The summed E-state index contributed by atoms with van der Waals surface area (Å²) in [5, 5.41) is 10.1. The zero-order valence-corrected chi connectivity index (χ0v) is 15.7. The summed E-state index contributed by atoms with van der Waals surface area (Å²) in [5.74, 6) is 7.30. The van der Waals surface area contributed by atoms with Crippen molar-refractivity contribution in [3.05, 3.63) is 57.6 Å². The highest BCUT2D eigenvalue weighted by Crippen LogP contribution is 2.51. The molecule has 0 amide bonds. The topological polar surface area (TPSA) is 86.3 Å². The molecule has 3 N–H and O–H groups in total. The molecule has 7 heteroatoms. The number of fused-ring (bicyclic) bond motifs is 4. The number of hydrogen-bond donors (Lipinski definition) is 2. The van der Waals surface area contributed by atoms with Crippen LogP contribution >= 0.6 is 15.9 Å². The van der Waals surface area contributed by atoms with E-state index >= 15 is 0 Å². The lowest BCUT2D eigenvalue weighted by Gasteiger charge is -2.33. The van der Waals surface area contributed by atoms with E-state index in [-0.39, 0.29) is 25.8 Å². The first-order valence-corrected chi connectivity index (χ1v) is 9.21. The van der Waals surface area contributed by atoms with Gasteiger partial charge >= 0.3 is 0 Å². The van der Waals surface area contributed by atoms with Crippen molar-refractivity contribution in [1.29, 1.82) is 0 Å². The van der Waals surface area contributed by atoms with Crippen LogP contribution in [0.2, 0.25) is 0 Å². The minimum atomic E-state index is -1.07. The molecule has 3 heterocycles. The molecular formula is C20H15BrN2O4. The maximum Gasteiger partial charge on any atom is 0.283 e. The summed E-state index contributed by atoms with van der Waals surface area (Å²) in [6.07, 6.45) is 0. The van der Waals surface area contributed by atoms with Gasteiger partial charge in [0.05, 0.1) is 13.2 Å². The number of nitrogens with two attached hydrogens (primary N) is 1. The Morgan fingerprint density at radius 2 is 1.81 bits per heavy atom. The summed E-state index contributed by atoms with van der Waals surface area (Å²) in [6.45, 7) is 0.745. The molecule has 1 fully saturated rings. The summed E-state index contributed by atoms with van der Waals surface area (Å²) < 4.78 is 17.6. The Bertz CT molecular complexity index is 1050. The van der Waals surface area contributed by atoms with Crippen LogP contribution in [-0.2, 0) is 15.0 Å². The maximum absolute atomic E-state index is 10.1. The molecule has 1 spiro atoms. The first-order valence-electron chi connectivity index (χ1n) is 8.41. The van der Waals surface area contributed by atoms with Crippen molar-refractivity contribution < 1.29 is 19.3 Å². The fourth-order valence-corrected chi connectivity index (χ4v) is 3.82. The second kappa shape index (κ2) is 5.73. The third-order valence-electron chi connectivity index (χ3n) is 4.88. The van der Waals surface area contributed by atoms with Gasteiger partial charge in [0.2, 0.25) is 0 Å². The third kappa shape index (κ3) is 2.60. The minimum Gasteiger partial charge on any atom is -0.462 e. The molecule has 1 atom stereocenters. The Kier molecular flexibility index (Phi) is 3.53. The Morgan fingerprint density at radius 1 is 1.07 bits per heavy atom. The lowest BCUT2D eigenvalue weighted by atomic mass is 9.81. The normalized spacial score (nSPS) is 23.7. The van der Waals surface area contributed by atoms with Crippen molar-refractivity contribution in [3.63, 3.8) is 0 Å². The van der Waals surface area contributed by atoms with E-state index < -0.39 is 11.1 Å². The van der Waals surface area contributed by atoms with Gasteiger partial charge in [-0.15, -0.1) is 0 Å². The molecule has 2 aromatic carbocycles. The molecular weight excluding hydrogens is 412 g/mol. The summed E-state index contributed by atoms with van der Waals surface area (Å²) in [7, 11) is 0. The molecule has 0 radical (unpaired) electrons. The monoisotopic (exact) mass is 426 g/mol. The van der Waals surface area contributed by atoms with Crippen LogP contribution in [0, 0.1) is 11.8 Å². The summed E-state index contributed by atoms with van der Waals surface area (Å²) in [5.41, 5.74) is 6.47. The van der Waals surface area contributed by atoms with Crippen LogP contribution in [0.25, 0.3) is 0 Å². The predicted octanol–water partition coefficient (Wildman–Crippen LogP) is 2.26.